The van der Waals surface area contributed by atoms with Crippen LogP contribution in [0.3, 0.4) is 0 Å². The predicted molar refractivity (Wildman–Crippen MR) is 68.6 cm³/mol. The van der Waals surface area contributed by atoms with Crippen molar-refractivity contribution in [1.29, 1.82) is 0 Å². The van der Waals surface area contributed by atoms with Crippen molar-refractivity contribution in [3.63, 3.8) is 0 Å². The van der Waals surface area contributed by atoms with Crippen LogP contribution in [0.5, 0.6) is 5.75 Å². The number of hydrogen-bond acceptors (Lipinski definition) is 3. The first-order chi connectivity index (χ1) is 8.86. The zero-order valence-electron chi connectivity index (χ0n) is 10.3. The van der Waals surface area contributed by atoms with E-state index in [1.807, 2.05) is 30.3 Å². The maximum Gasteiger partial charge on any atom is 0.122 e. The van der Waals surface area contributed by atoms with Gasteiger partial charge in [0, 0.05) is 11.5 Å². The Kier molecular flexibility index (Phi) is 3.24. The summed E-state index contributed by atoms with van der Waals surface area (Å²) in [7, 11) is 0. The molecule has 0 fully saturated rings. The molecule has 2 unspecified atom stereocenters. The molecule has 0 spiro atoms. The van der Waals surface area contributed by atoms with E-state index >= 15 is 0 Å². The van der Waals surface area contributed by atoms with Gasteiger partial charge in [-0.1, -0.05) is 18.2 Å². The molecule has 1 N–H and O–H groups in total. The zero-order chi connectivity index (χ0) is 12.4. The van der Waals surface area contributed by atoms with Crippen LogP contribution in [0.2, 0.25) is 0 Å². The number of fused-ring (bicyclic) bond motifs is 1. The number of para-hydroxylation sites is 1. The van der Waals surface area contributed by atoms with Crippen LogP contribution in [-0.2, 0) is 4.74 Å². The van der Waals surface area contributed by atoms with Gasteiger partial charge in [-0.05, 0) is 31.4 Å². The molecule has 3 nitrogen and oxygen atoms in total. The van der Waals surface area contributed by atoms with Crippen LogP contribution in [0, 0.1) is 0 Å². The van der Waals surface area contributed by atoms with Crippen LogP contribution in [0.4, 0.5) is 0 Å². The summed E-state index contributed by atoms with van der Waals surface area (Å²) in [5, 5.41) is 10.5. The molecule has 2 aliphatic heterocycles. The number of hydrogen-bond donors (Lipinski definition) is 1. The number of rotatable bonds is 2. The summed E-state index contributed by atoms with van der Waals surface area (Å²) in [6.45, 7) is 1.37. The standard InChI is InChI=1S/C15H18O3/c16-15(14-7-3-4-9-17-14)12-8-10-18-13-6-2-1-5-11(12)13/h1-2,5-7,12,15-16H,3-4,8-10H2. The SMILES string of the molecule is OC(C1=CCCCO1)C1CCOc2ccccc21. The lowest BCUT2D eigenvalue weighted by molar-refractivity contribution is 0.0641. The number of benzene rings is 1. The zero-order valence-corrected chi connectivity index (χ0v) is 10.3. The molecule has 0 amide bonds. The van der Waals surface area contributed by atoms with Gasteiger partial charge in [0.15, 0.2) is 0 Å². The summed E-state index contributed by atoms with van der Waals surface area (Å²) in [5.74, 6) is 1.71. The summed E-state index contributed by atoms with van der Waals surface area (Å²) >= 11 is 0. The second-order valence-corrected chi connectivity index (χ2v) is 4.82. The first-order valence-electron chi connectivity index (χ1n) is 6.59. The molecule has 96 valence electrons. The van der Waals surface area contributed by atoms with Gasteiger partial charge in [-0.15, -0.1) is 0 Å². The van der Waals surface area contributed by atoms with Crippen molar-refractivity contribution >= 4 is 0 Å². The molecule has 3 heteroatoms. The Morgan fingerprint density at radius 2 is 2.06 bits per heavy atom. The largest absolute Gasteiger partial charge is 0.495 e. The molecule has 3 rings (SSSR count). The lowest BCUT2D eigenvalue weighted by atomic mass is 9.87. The Morgan fingerprint density at radius 3 is 2.89 bits per heavy atom. The van der Waals surface area contributed by atoms with E-state index in [0.29, 0.717) is 13.2 Å². The van der Waals surface area contributed by atoms with Gasteiger partial charge in [-0.2, -0.15) is 0 Å². The summed E-state index contributed by atoms with van der Waals surface area (Å²) in [6, 6.07) is 7.95. The molecule has 0 bridgehead atoms. The van der Waals surface area contributed by atoms with Gasteiger partial charge in [0.25, 0.3) is 0 Å². The van der Waals surface area contributed by atoms with E-state index in [0.717, 1.165) is 36.3 Å². The summed E-state index contributed by atoms with van der Waals surface area (Å²) in [4.78, 5) is 0. The third kappa shape index (κ3) is 2.10. The van der Waals surface area contributed by atoms with Crippen LogP contribution in [0.1, 0.15) is 30.7 Å². The highest BCUT2D eigenvalue weighted by Crippen LogP contribution is 2.38. The van der Waals surface area contributed by atoms with E-state index in [1.54, 1.807) is 0 Å². The quantitative estimate of drug-likeness (QED) is 0.871. The van der Waals surface area contributed by atoms with Gasteiger partial charge >= 0.3 is 0 Å². The van der Waals surface area contributed by atoms with Crippen LogP contribution in [-0.4, -0.2) is 24.4 Å². The van der Waals surface area contributed by atoms with Crippen molar-refractivity contribution in [3.05, 3.63) is 41.7 Å². The molecule has 0 saturated carbocycles. The smallest absolute Gasteiger partial charge is 0.122 e. The van der Waals surface area contributed by atoms with Gasteiger partial charge in [-0.25, -0.2) is 0 Å². The number of aliphatic hydroxyl groups excluding tert-OH is 1. The van der Waals surface area contributed by atoms with Gasteiger partial charge in [0.05, 0.1) is 13.2 Å². The maximum absolute atomic E-state index is 10.5. The molecule has 2 heterocycles. The van der Waals surface area contributed by atoms with Gasteiger partial charge < -0.3 is 14.6 Å². The minimum atomic E-state index is -0.546. The summed E-state index contributed by atoms with van der Waals surface area (Å²) in [5.41, 5.74) is 1.09. The van der Waals surface area contributed by atoms with Crippen LogP contribution in [0.25, 0.3) is 0 Å². The Hall–Kier alpha value is -1.48. The highest BCUT2D eigenvalue weighted by atomic mass is 16.5. The van der Waals surface area contributed by atoms with E-state index in [1.165, 1.54) is 0 Å². The Balaban J connectivity index is 1.86. The van der Waals surface area contributed by atoms with Crippen LogP contribution in [0.15, 0.2) is 36.1 Å². The predicted octanol–water partition coefficient (Wildman–Crippen LogP) is 2.61. The first-order valence-corrected chi connectivity index (χ1v) is 6.59. The molecule has 2 aliphatic rings. The maximum atomic E-state index is 10.5. The summed E-state index contributed by atoms with van der Waals surface area (Å²) in [6.07, 6.45) is 4.35. The summed E-state index contributed by atoms with van der Waals surface area (Å²) < 4.78 is 11.2. The Morgan fingerprint density at radius 1 is 1.17 bits per heavy atom. The molecule has 1 aromatic rings. The number of aliphatic hydroxyl groups is 1. The molecule has 2 atom stereocenters. The van der Waals surface area contributed by atoms with Crippen LogP contribution < -0.4 is 4.74 Å². The molecule has 18 heavy (non-hydrogen) atoms. The molecule has 1 aromatic carbocycles. The number of allylic oxidation sites excluding steroid dienone is 1. The molecular weight excluding hydrogens is 228 g/mol. The van der Waals surface area contributed by atoms with E-state index < -0.39 is 6.10 Å². The fourth-order valence-corrected chi connectivity index (χ4v) is 2.68. The average Bonchev–Trinajstić information content (AvgIpc) is 2.47. The van der Waals surface area contributed by atoms with E-state index in [9.17, 15) is 5.11 Å². The van der Waals surface area contributed by atoms with E-state index in [4.69, 9.17) is 9.47 Å². The van der Waals surface area contributed by atoms with Crippen LogP contribution >= 0.6 is 0 Å². The second kappa shape index (κ2) is 5.02. The van der Waals surface area contributed by atoms with Crippen molar-refractivity contribution in [2.24, 2.45) is 0 Å². The molecule has 0 radical (unpaired) electrons. The first kappa shape index (κ1) is 11.6. The van der Waals surface area contributed by atoms with Gasteiger partial charge in [-0.3, -0.25) is 0 Å². The van der Waals surface area contributed by atoms with Crippen molar-refractivity contribution in [1.82, 2.24) is 0 Å². The lowest BCUT2D eigenvalue weighted by Crippen LogP contribution is -2.28. The van der Waals surface area contributed by atoms with Crippen molar-refractivity contribution in [2.75, 3.05) is 13.2 Å². The minimum absolute atomic E-state index is 0.0827. The van der Waals surface area contributed by atoms with E-state index in [2.05, 4.69) is 0 Å². The highest BCUT2D eigenvalue weighted by molar-refractivity contribution is 5.39. The van der Waals surface area contributed by atoms with E-state index in [-0.39, 0.29) is 5.92 Å². The Bertz CT molecular complexity index is 453. The van der Waals surface area contributed by atoms with Crippen molar-refractivity contribution in [2.45, 2.75) is 31.3 Å². The van der Waals surface area contributed by atoms with Crippen molar-refractivity contribution < 1.29 is 14.6 Å². The minimum Gasteiger partial charge on any atom is -0.495 e. The monoisotopic (exact) mass is 246 g/mol. The molecule has 0 aliphatic carbocycles. The third-order valence-electron chi connectivity index (χ3n) is 3.64. The van der Waals surface area contributed by atoms with Gasteiger partial charge in [0.1, 0.15) is 17.6 Å². The second-order valence-electron chi connectivity index (χ2n) is 4.82. The number of ether oxygens (including phenoxy) is 2. The fourth-order valence-electron chi connectivity index (χ4n) is 2.68. The van der Waals surface area contributed by atoms with Gasteiger partial charge in [0.2, 0.25) is 0 Å². The molecular formula is C15H18O3. The highest BCUT2D eigenvalue weighted by Gasteiger charge is 2.31. The third-order valence-corrected chi connectivity index (χ3v) is 3.64. The fraction of sp³-hybridized carbons (Fsp3) is 0.467. The molecule has 0 saturated heterocycles. The average molecular weight is 246 g/mol. The topological polar surface area (TPSA) is 38.7 Å². The lowest BCUT2D eigenvalue weighted by Gasteiger charge is -2.31. The normalized spacial score (nSPS) is 24.3. The Labute approximate surface area is 107 Å². The molecule has 0 aromatic heterocycles. The van der Waals surface area contributed by atoms with Crippen molar-refractivity contribution in [3.8, 4) is 5.75 Å².